The van der Waals surface area contributed by atoms with Crippen molar-refractivity contribution in [2.75, 3.05) is 20.3 Å². The number of methoxy groups -OCH3 is 1. The molecule has 1 unspecified atom stereocenters. The molecule has 6 heteroatoms. The van der Waals surface area contributed by atoms with Gasteiger partial charge in [0.25, 0.3) is 5.91 Å². The number of amides is 1. The molecule has 6 nitrogen and oxygen atoms in total. The summed E-state index contributed by atoms with van der Waals surface area (Å²) in [5.41, 5.74) is 0.463. The lowest BCUT2D eigenvalue weighted by Gasteiger charge is -2.24. The van der Waals surface area contributed by atoms with E-state index in [2.05, 4.69) is 6.58 Å². The Morgan fingerprint density at radius 1 is 1.43 bits per heavy atom. The van der Waals surface area contributed by atoms with Crippen LogP contribution in [0.4, 0.5) is 0 Å². The van der Waals surface area contributed by atoms with E-state index in [1.54, 1.807) is 29.2 Å². The summed E-state index contributed by atoms with van der Waals surface area (Å²) in [5, 5.41) is 8.96. The highest BCUT2D eigenvalue weighted by molar-refractivity contribution is 5.95. The van der Waals surface area contributed by atoms with E-state index >= 15 is 0 Å². The molecule has 1 aliphatic heterocycles. The van der Waals surface area contributed by atoms with Crippen molar-refractivity contribution >= 4 is 11.9 Å². The first-order chi connectivity index (χ1) is 11.1. The summed E-state index contributed by atoms with van der Waals surface area (Å²) in [4.78, 5) is 25.2. The van der Waals surface area contributed by atoms with Gasteiger partial charge >= 0.3 is 5.97 Å². The molecule has 1 aliphatic rings. The molecular weight excluding hydrogens is 298 g/mol. The highest BCUT2D eigenvalue weighted by Gasteiger charge is 2.31. The molecule has 1 N–H and O–H groups in total. The second kappa shape index (κ2) is 7.67. The summed E-state index contributed by atoms with van der Waals surface area (Å²) in [6, 6.07) is 4.72. The Labute approximate surface area is 135 Å². The van der Waals surface area contributed by atoms with Crippen LogP contribution in [0, 0.1) is 0 Å². The Balaban J connectivity index is 2.18. The van der Waals surface area contributed by atoms with Gasteiger partial charge in [-0.1, -0.05) is 12.7 Å². The van der Waals surface area contributed by atoms with Crippen molar-refractivity contribution in [3.63, 3.8) is 0 Å². The van der Waals surface area contributed by atoms with E-state index in [4.69, 9.17) is 14.6 Å². The van der Waals surface area contributed by atoms with E-state index < -0.39 is 5.97 Å². The van der Waals surface area contributed by atoms with Crippen molar-refractivity contribution in [3.05, 3.63) is 36.4 Å². The quantitative estimate of drug-likeness (QED) is 0.781. The van der Waals surface area contributed by atoms with Crippen LogP contribution in [0.5, 0.6) is 11.5 Å². The Morgan fingerprint density at radius 3 is 2.87 bits per heavy atom. The van der Waals surface area contributed by atoms with Crippen LogP contribution >= 0.6 is 0 Å². The molecule has 0 radical (unpaired) electrons. The van der Waals surface area contributed by atoms with E-state index in [9.17, 15) is 9.59 Å². The maximum atomic E-state index is 12.7. The standard InChI is InChI=1S/C17H21NO5/c1-3-9-23-14-7-6-12(10-15(14)22-2)17(21)18-8-4-5-13(18)11-16(19)20/h3,6-7,10,13H,1,4-5,8-9,11H2,2H3,(H,19,20). The normalized spacial score (nSPS) is 16.9. The smallest absolute Gasteiger partial charge is 0.305 e. The van der Waals surface area contributed by atoms with Gasteiger partial charge in [0.05, 0.1) is 13.5 Å². The van der Waals surface area contributed by atoms with Gasteiger partial charge in [-0.2, -0.15) is 0 Å². The number of hydrogen-bond donors (Lipinski definition) is 1. The van der Waals surface area contributed by atoms with Crippen LogP contribution in [0.25, 0.3) is 0 Å². The van der Waals surface area contributed by atoms with Crippen LogP contribution in [0.2, 0.25) is 0 Å². The fourth-order valence-electron chi connectivity index (χ4n) is 2.75. The van der Waals surface area contributed by atoms with Crippen LogP contribution in [0.15, 0.2) is 30.9 Å². The highest BCUT2D eigenvalue weighted by Crippen LogP contribution is 2.30. The monoisotopic (exact) mass is 319 g/mol. The number of carboxylic acids is 1. The van der Waals surface area contributed by atoms with Gasteiger partial charge in [0.15, 0.2) is 11.5 Å². The molecule has 0 bridgehead atoms. The zero-order valence-corrected chi connectivity index (χ0v) is 13.2. The summed E-state index contributed by atoms with van der Waals surface area (Å²) in [7, 11) is 1.51. The molecule has 0 spiro atoms. The first kappa shape index (κ1) is 16.9. The molecule has 1 atom stereocenters. The Morgan fingerprint density at radius 2 is 2.22 bits per heavy atom. The van der Waals surface area contributed by atoms with Gasteiger partial charge in [0, 0.05) is 18.2 Å². The number of carbonyl (C=O) groups excluding carboxylic acids is 1. The van der Waals surface area contributed by atoms with Crippen LogP contribution in [0.3, 0.4) is 0 Å². The minimum Gasteiger partial charge on any atom is -0.493 e. The molecule has 1 saturated heterocycles. The zero-order chi connectivity index (χ0) is 16.8. The number of ether oxygens (including phenoxy) is 2. The van der Waals surface area contributed by atoms with Gasteiger partial charge in [-0.15, -0.1) is 0 Å². The lowest BCUT2D eigenvalue weighted by molar-refractivity contribution is -0.137. The number of benzene rings is 1. The molecule has 0 aromatic heterocycles. The number of carboxylic acid groups (broad SMARTS) is 1. The van der Waals surface area contributed by atoms with Gasteiger partial charge in [-0.3, -0.25) is 9.59 Å². The minimum atomic E-state index is -0.888. The predicted molar refractivity (Wildman–Crippen MR) is 85.0 cm³/mol. The second-order valence-corrected chi connectivity index (χ2v) is 5.36. The molecular formula is C17H21NO5. The molecule has 1 fully saturated rings. The summed E-state index contributed by atoms with van der Waals surface area (Å²) >= 11 is 0. The van der Waals surface area contributed by atoms with Crippen molar-refractivity contribution in [1.82, 2.24) is 4.90 Å². The van der Waals surface area contributed by atoms with E-state index in [1.165, 1.54) is 7.11 Å². The van der Waals surface area contributed by atoms with Gasteiger partial charge in [-0.25, -0.2) is 0 Å². The number of nitrogens with zero attached hydrogens (tertiary/aromatic N) is 1. The van der Waals surface area contributed by atoms with E-state index in [0.717, 1.165) is 12.8 Å². The molecule has 23 heavy (non-hydrogen) atoms. The third-order valence-corrected chi connectivity index (χ3v) is 3.82. The van der Waals surface area contributed by atoms with Gasteiger partial charge in [0.2, 0.25) is 0 Å². The summed E-state index contributed by atoms with van der Waals surface area (Å²) in [6.45, 7) is 4.51. The van der Waals surface area contributed by atoms with Gasteiger partial charge in [0.1, 0.15) is 6.61 Å². The Bertz CT molecular complexity index is 599. The Kier molecular flexibility index (Phi) is 5.62. The lowest BCUT2D eigenvalue weighted by Crippen LogP contribution is -2.36. The first-order valence-electron chi connectivity index (χ1n) is 7.51. The molecule has 124 valence electrons. The maximum absolute atomic E-state index is 12.7. The molecule has 1 amide bonds. The molecule has 0 aliphatic carbocycles. The van der Waals surface area contributed by atoms with Gasteiger partial charge in [-0.05, 0) is 31.0 Å². The highest BCUT2D eigenvalue weighted by atomic mass is 16.5. The topological polar surface area (TPSA) is 76.1 Å². The fraction of sp³-hybridized carbons (Fsp3) is 0.412. The molecule has 1 heterocycles. The van der Waals surface area contributed by atoms with Crippen LogP contribution in [-0.4, -0.2) is 48.2 Å². The molecule has 0 saturated carbocycles. The van der Waals surface area contributed by atoms with E-state index in [0.29, 0.717) is 30.2 Å². The number of aliphatic carboxylic acids is 1. The zero-order valence-electron chi connectivity index (χ0n) is 13.2. The van der Waals surface area contributed by atoms with Gasteiger partial charge < -0.3 is 19.5 Å². The summed E-state index contributed by atoms with van der Waals surface area (Å²) < 4.78 is 10.7. The van der Waals surface area contributed by atoms with Crippen LogP contribution in [-0.2, 0) is 4.79 Å². The molecule has 2 rings (SSSR count). The SMILES string of the molecule is C=CCOc1ccc(C(=O)N2CCCC2CC(=O)O)cc1OC. The number of hydrogen-bond acceptors (Lipinski definition) is 4. The first-order valence-corrected chi connectivity index (χ1v) is 7.51. The average molecular weight is 319 g/mol. The lowest BCUT2D eigenvalue weighted by atomic mass is 10.1. The average Bonchev–Trinajstić information content (AvgIpc) is 2.99. The second-order valence-electron chi connectivity index (χ2n) is 5.36. The minimum absolute atomic E-state index is 0.0244. The van der Waals surface area contributed by atoms with Crippen molar-refractivity contribution in [2.24, 2.45) is 0 Å². The van der Waals surface area contributed by atoms with Crippen molar-refractivity contribution in [3.8, 4) is 11.5 Å². The number of carbonyl (C=O) groups is 2. The van der Waals surface area contributed by atoms with Crippen LogP contribution < -0.4 is 9.47 Å². The predicted octanol–water partition coefficient (Wildman–Crippen LogP) is 2.34. The fourth-order valence-corrected chi connectivity index (χ4v) is 2.75. The Hall–Kier alpha value is -2.50. The van der Waals surface area contributed by atoms with Crippen LogP contribution in [0.1, 0.15) is 29.6 Å². The van der Waals surface area contributed by atoms with E-state index in [-0.39, 0.29) is 18.4 Å². The third-order valence-electron chi connectivity index (χ3n) is 3.82. The largest absolute Gasteiger partial charge is 0.493 e. The maximum Gasteiger partial charge on any atom is 0.305 e. The van der Waals surface area contributed by atoms with Crippen molar-refractivity contribution < 1.29 is 24.2 Å². The summed E-state index contributed by atoms with van der Waals surface area (Å²) in [5.74, 6) is -0.0677. The third kappa shape index (κ3) is 4.03. The molecule has 1 aromatic carbocycles. The van der Waals surface area contributed by atoms with Crippen molar-refractivity contribution in [2.45, 2.75) is 25.3 Å². The molecule has 1 aromatic rings. The summed E-state index contributed by atoms with van der Waals surface area (Å²) in [6.07, 6.45) is 3.14. The van der Waals surface area contributed by atoms with E-state index in [1.807, 2.05) is 0 Å². The van der Waals surface area contributed by atoms with Crippen molar-refractivity contribution in [1.29, 1.82) is 0 Å². The number of rotatable bonds is 7. The number of likely N-dealkylation sites (tertiary alicyclic amines) is 1.